The van der Waals surface area contributed by atoms with Crippen LogP contribution in [0.15, 0.2) is 158 Å². The van der Waals surface area contributed by atoms with Crippen molar-refractivity contribution in [3.8, 4) is 44.9 Å². The third-order valence-electron chi connectivity index (χ3n) is 13.3. The molecule has 4 heteroatoms. The van der Waals surface area contributed by atoms with Crippen LogP contribution in [0, 0.1) is 18.2 Å². The molecule has 0 saturated carbocycles. The summed E-state index contributed by atoms with van der Waals surface area (Å²) in [5.74, 6) is 0. The minimum Gasteiger partial charge on any atom is -0.304 e. The maximum atomic E-state index is 10.0. The summed E-state index contributed by atoms with van der Waals surface area (Å²) in [6.45, 7) is 17.9. The number of hydrogen-bond donors (Lipinski definition) is 0. The molecule has 0 fully saturated rings. The Morgan fingerprint density at radius 1 is 0.515 bits per heavy atom. The van der Waals surface area contributed by atoms with Gasteiger partial charge >= 0.3 is 20.1 Å². The van der Waals surface area contributed by atoms with Crippen LogP contribution in [-0.2, 0) is 67.4 Å². The van der Waals surface area contributed by atoms with Crippen molar-refractivity contribution in [3.63, 3.8) is 0 Å². The molecule has 0 saturated heterocycles. The van der Waals surface area contributed by atoms with Gasteiger partial charge in [-0.2, -0.15) is 0 Å². The second-order valence-corrected chi connectivity index (χ2v) is 20.4. The Bertz CT molecular complexity index is 3000. The third-order valence-corrected chi connectivity index (χ3v) is 13.3. The molecule has 5 aromatic carbocycles. The normalized spacial score (nSPS) is 15.4. The molecule has 0 N–H and O–H groups in total. The van der Waals surface area contributed by atoms with Gasteiger partial charge in [0.05, 0.1) is 0 Å². The van der Waals surface area contributed by atoms with E-state index in [4.69, 9.17) is 15.0 Å². The minimum absolute atomic E-state index is 0. The zero-order valence-corrected chi connectivity index (χ0v) is 41.7. The van der Waals surface area contributed by atoms with Crippen molar-refractivity contribution < 1.29 is 25.6 Å². The first-order chi connectivity index (χ1) is 32.6. The second kappa shape index (κ2) is 18.8. The number of fused-ring (bicyclic) bond motifs is 1. The zero-order valence-electron chi connectivity index (χ0n) is 43.3. The predicted molar refractivity (Wildman–Crippen MR) is 269 cm³/mol. The third kappa shape index (κ3) is 10.1. The van der Waals surface area contributed by atoms with E-state index in [9.17, 15) is 5.48 Å². The molecular formula is C62H60IrN3. The number of nitrogens with zero attached hydrogens (tertiary/aromatic N) is 3. The topological polar surface area (TPSA) is 38.7 Å². The maximum absolute atomic E-state index is 10.0. The summed E-state index contributed by atoms with van der Waals surface area (Å²) >= 11 is 0. The summed E-state index contributed by atoms with van der Waals surface area (Å²) in [5.41, 5.74) is 12.4. The summed E-state index contributed by atoms with van der Waals surface area (Å²) in [4.78, 5) is 14.5. The molecule has 3 heterocycles. The average molecular weight is 1040 g/mol. The standard InChI is InChI=1S/C62H60N3.Ir/c1-59(2,51-27-30-56(64-40-51)46-18-12-9-13-19-46)37-44-32-43(33-45(34-44)38-60(3,4)52-28-31-57(65-41-52)47-20-14-10-15-21-47)24-25-50-39-63-58(48-22-16-11-17-23-48)36-53(50)49-26-29-54-55(35-49)62(7,8)42-61(54,5)6;/h9-18,20,22,26-36,39-41H,24-25,37-38,42H2,1-8H3;/q-3;+3/i24D2,25D2;. The van der Waals surface area contributed by atoms with Gasteiger partial charge in [-0.1, -0.05) is 122 Å². The van der Waals surface area contributed by atoms with Gasteiger partial charge in [0.15, 0.2) is 0 Å². The fourth-order valence-electron chi connectivity index (χ4n) is 10.1. The molecule has 0 radical (unpaired) electrons. The molecule has 66 heavy (non-hydrogen) atoms. The van der Waals surface area contributed by atoms with Gasteiger partial charge in [0.25, 0.3) is 0 Å². The molecule has 1 aliphatic carbocycles. The predicted octanol–water partition coefficient (Wildman–Crippen LogP) is 14.7. The average Bonchev–Trinajstić information content (AvgIpc) is 3.53. The molecule has 332 valence electrons. The van der Waals surface area contributed by atoms with E-state index in [2.05, 4.69) is 110 Å². The van der Waals surface area contributed by atoms with Crippen LogP contribution in [0.25, 0.3) is 44.9 Å². The van der Waals surface area contributed by atoms with Crippen molar-refractivity contribution in [2.45, 2.75) is 109 Å². The largest absolute Gasteiger partial charge is 3.00 e. The number of aryl methyl sites for hydroxylation is 2. The first-order valence-corrected chi connectivity index (χ1v) is 22.8. The fraction of sp³-hybridized carbons (Fsp3) is 0.274. The Hall–Kier alpha value is -5.80. The maximum Gasteiger partial charge on any atom is 3.00 e. The van der Waals surface area contributed by atoms with E-state index in [1.807, 2.05) is 116 Å². The number of pyridine rings is 3. The minimum atomic E-state index is -2.54. The summed E-state index contributed by atoms with van der Waals surface area (Å²) in [6.07, 6.45) is 2.48. The van der Waals surface area contributed by atoms with E-state index in [0.717, 1.165) is 62.3 Å². The van der Waals surface area contributed by atoms with Crippen LogP contribution in [0.4, 0.5) is 0 Å². The summed E-state index contributed by atoms with van der Waals surface area (Å²) in [5, 5.41) is 0. The first-order valence-electron chi connectivity index (χ1n) is 24.8. The molecule has 9 rings (SSSR count). The number of aromatic nitrogens is 3. The van der Waals surface area contributed by atoms with Crippen molar-refractivity contribution >= 4 is 0 Å². The number of rotatable bonds is 13. The number of hydrogen-bond acceptors (Lipinski definition) is 3. The van der Waals surface area contributed by atoms with Crippen LogP contribution < -0.4 is 0 Å². The fourth-order valence-corrected chi connectivity index (χ4v) is 10.1. The Balaban J connectivity index is 0.00000659. The van der Waals surface area contributed by atoms with Crippen LogP contribution in [0.2, 0.25) is 0 Å². The van der Waals surface area contributed by atoms with Gasteiger partial charge in [-0.25, -0.2) is 0 Å². The molecule has 0 amide bonds. The van der Waals surface area contributed by atoms with Gasteiger partial charge in [0.1, 0.15) is 0 Å². The van der Waals surface area contributed by atoms with Crippen LogP contribution in [0.5, 0.6) is 0 Å². The zero-order chi connectivity index (χ0) is 49.0. The molecule has 3 nitrogen and oxygen atoms in total. The molecule has 3 aromatic heterocycles. The van der Waals surface area contributed by atoms with Crippen molar-refractivity contribution in [3.05, 3.63) is 221 Å². The van der Waals surface area contributed by atoms with Gasteiger partial charge in [0, 0.05) is 24.1 Å². The van der Waals surface area contributed by atoms with Gasteiger partial charge in [0.2, 0.25) is 0 Å². The second-order valence-electron chi connectivity index (χ2n) is 20.4. The Morgan fingerprint density at radius 3 is 1.48 bits per heavy atom. The molecule has 0 atom stereocenters. The molecule has 8 aromatic rings. The molecule has 0 spiro atoms. The SMILES string of the molecule is [2H]C([2H])(c1cc(CC(C)(C)c2ccc(-c3[c-]cccc3)nc2)cc(CC(C)(C)c2ccc(-c3[c-]cccc3)nc2)c1)C([2H])([2H])c1cnc(-c2[c-]cccc2)cc1-c1ccc2c(c1)C(C)(C)CC2(C)C.[Ir+3]. The van der Waals surface area contributed by atoms with E-state index >= 15 is 0 Å². The van der Waals surface area contributed by atoms with Crippen LogP contribution in [-0.4, -0.2) is 15.0 Å². The van der Waals surface area contributed by atoms with Crippen molar-refractivity contribution in [2.24, 2.45) is 0 Å². The molecule has 0 unspecified atom stereocenters. The molecule has 1 aliphatic rings. The monoisotopic (exact) mass is 1040 g/mol. The smallest absolute Gasteiger partial charge is 0.304 e. The summed E-state index contributed by atoms with van der Waals surface area (Å²) < 4.78 is 40.2. The van der Waals surface area contributed by atoms with Crippen LogP contribution in [0.3, 0.4) is 0 Å². The van der Waals surface area contributed by atoms with E-state index in [-0.39, 0.29) is 42.1 Å². The van der Waals surface area contributed by atoms with E-state index in [1.165, 1.54) is 11.1 Å². The molecule has 0 bridgehead atoms. The number of benzene rings is 5. The van der Waals surface area contributed by atoms with Crippen LogP contribution in [0.1, 0.15) is 112 Å². The van der Waals surface area contributed by atoms with Crippen molar-refractivity contribution in [1.29, 1.82) is 0 Å². The van der Waals surface area contributed by atoms with Gasteiger partial charge < -0.3 is 15.0 Å². The molecule has 0 aliphatic heterocycles. The van der Waals surface area contributed by atoms with Crippen LogP contribution >= 0.6 is 0 Å². The Morgan fingerprint density at radius 2 is 1.00 bits per heavy atom. The van der Waals surface area contributed by atoms with E-state index < -0.39 is 23.6 Å². The van der Waals surface area contributed by atoms with E-state index in [1.54, 1.807) is 6.20 Å². The van der Waals surface area contributed by atoms with Crippen molar-refractivity contribution in [1.82, 2.24) is 15.0 Å². The van der Waals surface area contributed by atoms with Gasteiger partial charge in [-0.15, -0.1) is 108 Å². The summed E-state index contributed by atoms with van der Waals surface area (Å²) in [7, 11) is 0. The first kappa shape index (κ1) is 41.6. The Labute approximate surface area is 413 Å². The van der Waals surface area contributed by atoms with Gasteiger partial charge in [-0.3, -0.25) is 0 Å². The Kier molecular flexibility index (Phi) is 11.9. The van der Waals surface area contributed by atoms with Crippen molar-refractivity contribution in [2.75, 3.05) is 0 Å². The van der Waals surface area contributed by atoms with E-state index in [0.29, 0.717) is 24.1 Å². The van der Waals surface area contributed by atoms with Gasteiger partial charge in [-0.05, 0) is 126 Å². The summed E-state index contributed by atoms with van der Waals surface area (Å²) in [6, 6.07) is 55.7. The molecular weight excluding hydrogens is 979 g/mol. The quantitative estimate of drug-likeness (QED) is 0.108.